The van der Waals surface area contributed by atoms with Gasteiger partial charge in [-0.1, -0.05) is 52.0 Å². The Morgan fingerprint density at radius 1 is 1.14 bits per heavy atom. The molecule has 0 bridgehead atoms. The lowest BCUT2D eigenvalue weighted by atomic mass is 9.86. The number of benzene rings is 1. The van der Waals surface area contributed by atoms with Gasteiger partial charge in [0.15, 0.2) is 0 Å². The SMILES string of the molecule is CC1CCN(CCC(O)c2ccc(C(C)(C)C)cc2)CC1. The fourth-order valence-electron chi connectivity index (χ4n) is 2.96. The molecule has 2 nitrogen and oxygen atoms in total. The molecule has 0 amide bonds. The molecule has 2 rings (SSSR count). The van der Waals surface area contributed by atoms with Crippen molar-refractivity contribution in [1.29, 1.82) is 0 Å². The van der Waals surface area contributed by atoms with Crippen molar-refractivity contribution in [3.63, 3.8) is 0 Å². The number of hydrogen-bond acceptors (Lipinski definition) is 2. The highest BCUT2D eigenvalue weighted by atomic mass is 16.3. The summed E-state index contributed by atoms with van der Waals surface area (Å²) in [6.45, 7) is 12.4. The molecule has 21 heavy (non-hydrogen) atoms. The fourth-order valence-corrected chi connectivity index (χ4v) is 2.96. The predicted molar refractivity (Wildman–Crippen MR) is 89.6 cm³/mol. The Balaban J connectivity index is 1.84. The Bertz CT molecular complexity index is 424. The monoisotopic (exact) mass is 289 g/mol. The zero-order chi connectivity index (χ0) is 15.5. The second kappa shape index (κ2) is 6.93. The number of likely N-dealkylation sites (tertiary alicyclic amines) is 1. The van der Waals surface area contributed by atoms with Crippen LogP contribution < -0.4 is 0 Å². The molecule has 0 spiro atoms. The largest absolute Gasteiger partial charge is 0.388 e. The summed E-state index contributed by atoms with van der Waals surface area (Å²) in [6.07, 6.45) is 3.11. The number of aliphatic hydroxyl groups is 1. The minimum Gasteiger partial charge on any atom is -0.388 e. The molecule has 0 saturated carbocycles. The summed E-state index contributed by atoms with van der Waals surface area (Å²) in [7, 11) is 0. The van der Waals surface area contributed by atoms with Gasteiger partial charge < -0.3 is 10.0 Å². The van der Waals surface area contributed by atoms with E-state index in [1.165, 1.54) is 31.5 Å². The molecule has 1 aliphatic rings. The van der Waals surface area contributed by atoms with Gasteiger partial charge in [-0.15, -0.1) is 0 Å². The van der Waals surface area contributed by atoms with Crippen LogP contribution in [-0.4, -0.2) is 29.6 Å². The summed E-state index contributed by atoms with van der Waals surface area (Å²) in [6, 6.07) is 8.48. The summed E-state index contributed by atoms with van der Waals surface area (Å²) < 4.78 is 0. The second-order valence-corrected chi connectivity index (χ2v) is 7.70. The van der Waals surface area contributed by atoms with Crippen molar-refractivity contribution in [2.45, 2.75) is 58.5 Å². The lowest BCUT2D eigenvalue weighted by Gasteiger charge is -2.30. The number of aliphatic hydroxyl groups excluding tert-OH is 1. The van der Waals surface area contributed by atoms with Gasteiger partial charge in [0, 0.05) is 6.54 Å². The maximum Gasteiger partial charge on any atom is 0.0802 e. The standard InChI is InChI=1S/C19H31NO/c1-15-9-12-20(13-10-15)14-11-18(21)16-5-7-17(8-6-16)19(2,3)4/h5-8,15,18,21H,9-14H2,1-4H3. The van der Waals surface area contributed by atoms with Gasteiger partial charge in [-0.05, 0) is 54.8 Å². The van der Waals surface area contributed by atoms with Crippen molar-refractivity contribution in [2.24, 2.45) is 5.92 Å². The van der Waals surface area contributed by atoms with Gasteiger partial charge in [-0.2, -0.15) is 0 Å². The quantitative estimate of drug-likeness (QED) is 0.900. The highest BCUT2D eigenvalue weighted by Crippen LogP contribution is 2.25. The lowest BCUT2D eigenvalue weighted by Crippen LogP contribution is -2.34. The third-order valence-electron chi connectivity index (χ3n) is 4.76. The van der Waals surface area contributed by atoms with Crippen molar-refractivity contribution in [2.75, 3.05) is 19.6 Å². The summed E-state index contributed by atoms with van der Waals surface area (Å²) in [5, 5.41) is 10.4. The number of hydrogen-bond donors (Lipinski definition) is 1. The molecular weight excluding hydrogens is 258 g/mol. The topological polar surface area (TPSA) is 23.5 Å². The first kappa shape index (κ1) is 16.5. The van der Waals surface area contributed by atoms with E-state index in [9.17, 15) is 5.11 Å². The maximum absolute atomic E-state index is 10.4. The molecule has 0 radical (unpaired) electrons. The number of piperidine rings is 1. The van der Waals surface area contributed by atoms with Gasteiger partial charge in [0.25, 0.3) is 0 Å². The van der Waals surface area contributed by atoms with Crippen LogP contribution in [0.5, 0.6) is 0 Å². The molecule has 1 fully saturated rings. The van der Waals surface area contributed by atoms with Gasteiger partial charge in [0.2, 0.25) is 0 Å². The van der Waals surface area contributed by atoms with Crippen LogP contribution in [-0.2, 0) is 5.41 Å². The molecule has 1 aromatic carbocycles. The van der Waals surface area contributed by atoms with Crippen LogP contribution in [0.25, 0.3) is 0 Å². The first-order valence-corrected chi connectivity index (χ1v) is 8.37. The molecule has 1 saturated heterocycles. The fraction of sp³-hybridized carbons (Fsp3) is 0.684. The molecule has 0 aliphatic carbocycles. The van der Waals surface area contributed by atoms with Crippen LogP contribution in [0.1, 0.15) is 64.2 Å². The van der Waals surface area contributed by atoms with E-state index in [2.05, 4.69) is 56.9 Å². The molecule has 0 aromatic heterocycles. The van der Waals surface area contributed by atoms with Crippen LogP contribution >= 0.6 is 0 Å². The van der Waals surface area contributed by atoms with Gasteiger partial charge in [-0.25, -0.2) is 0 Å². The zero-order valence-corrected chi connectivity index (χ0v) is 14.1. The van der Waals surface area contributed by atoms with Gasteiger partial charge in [0.1, 0.15) is 0 Å². The maximum atomic E-state index is 10.4. The van der Waals surface area contributed by atoms with Crippen LogP contribution in [0.2, 0.25) is 0 Å². The molecular formula is C19H31NO. The Kier molecular flexibility index (Phi) is 5.45. The van der Waals surface area contributed by atoms with Crippen molar-refractivity contribution in [1.82, 2.24) is 4.90 Å². The lowest BCUT2D eigenvalue weighted by molar-refractivity contribution is 0.125. The van der Waals surface area contributed by atoms with Crippen molar-refractivity contribution in [3.8, 4) is 0 Å². The molecule has 1 aliphatic heterocycles. The van der Waals surface area contributed by atoms with Crippen LogP contribution in [0.3, 0.4) is 0 Å². The van der Waals surface area contributed by atoms with Gasteiger partial charge in [0.05, 0.1) is 6.10 Å². The predicted octanol–water partition coefficient (Wildman–Crippen LogP) is 4.14. The minimum atomic E-state index is -0.335. The summed E-state index contributed by atoms with van der Waals surface area (Å²) in [4.78, 5) is 2.49. The van der Waals surface area contributed by atoms with E-state index in [0.29, 0.717) is 0 Å². The molecule has 1 aromatic rings. The van der Waals surface area contributed by atoms with Gasteiger partial charge >= 0.3 is 0 Å². The smallest absolute Gasteiger partial charge is 0.0802 e. The minimum absolute atomic E-state index is 0.175. The Hall–Kier alpha value is -0.860. The summed E-state index contributed by atoms with van der Waals surface area (Å²) in [5.41, 5.74) is 2.55. The van der Waals surface area contributed by atoms with Gasteiger partial charge in [-0.3, -0.25) is 0 Å². The summed E-state index contributed by atoms with van der Waals surface area (Å²) in [5.74, 6) is 0.871. The second-order valence-electron chi connectivity index (χ2n) is 7.70. The van der Waals surface area contributed by atoms with E-state index in [1.54, 1.807) is 0 Å². The highest BCUT2D eigenvalue weighted by molar-refractivity contribution is 5.28. The highest BCUT2D eigenvalue weighted by Gasteiger charge is 2.18. The van der Waals surface area contributed by atoms with Crippen LogP contribution in [0.4, 0.5) is 0 Å². The Morgan fingerprint density at radius 3 is 2.24 bits per heavy atom. The summed E-state index contributed by atoms with van der Waals surface area (Å²) >= 11 is 0. The molecule has 2 heteroatoms. The molecule has 1 atom stereocenters. The van der Waals surface area contributed by atoms with Crippen molar-refractivity contribution < 1.29 is 5.11 Å². The molecule has 1 heterocycles. The molecule has 1 unspecified atom stereocenters. The average molecular weight is 289 g/mol. The van der Waals surface area contributed by atoms with E-state index in [4.69, 9.17) is 0 Å². The zero-order valence-electron chi connectivity index (χ0n) is 14.1. The van der Waals surface area contributed by atoms with Crippen LogP contribution in [0.15, 0.2) is 24.3 Å². The third kappa shape index (κ3) is 4.82. The molecule has 118 valence electrons. The number of rotatable bonds is 4. The van der Waals surface area contributed by atoms with E-state index >= 15 is 0 Å². The number of nitrogens with zero attached hydrogens (tertiary/aromatic N) is 1. The van der Waals surface area contributed by atoms with E-state index in [-0.39, 0.29) is 11.5 Å². The average Bonchev–Trinajstić information content (AvgIpc) is 2.45. The van der Waals surface area contributed by atoms with E-state index in [1.807, 2.05) is 0 Å². The van der Waals surface area contributed by atoms with Crippen molar-refractivity contribution in [3.05, 3.63) is 35.4 Å². The third-order valence-corrected chi connectivity index (χ3v) is 4.76. The van der Waals surface area contributed by atoms with Crippen LogP contribution in [0, 0.1) is 5.92 Å². The van der Waals surface area contributed by atoms with Crippen molar-refractivity contribution >= 4 is 0 Å². The molecule has 1 N–H and O–H groups in total. The first-order chi connectivity index (χ1) is 9.86. The van der Waals surface area contributed by atoms with E-state index in [0.717, 1.165) is 24.4 Å². The Morgan fingerprint density at radius 2 is 1.71 bits per heavy atom. The Labute approximate surface area is 130 Å². The normalized spacial score (nSPS) is 19.7. The first-order valence-electron chi connectivity index (χ1n) is 8.37. The van der Waals surface area contributed by atoms with E-state index < -0.39 is 0 Å².